The molecule has 0 bridgehead atoms. The van der Waals surface area contributed by atoms with Crippen molar-refractivity contribution in [2.45, 2.75) is 58.1 Å². The average molecular weight is 387 g/mol. The molecule has 0 fully saturated rings. The molecule has 7 nitrogen and oxygen atoms in total. The van der Waals surface area contributed by atoms with E-state index in [-0.39, 0.29) is 16.9 Å². The molecule has 1 aromatic rings. The fourth-order valence-electron chi connectivity index (χ4n) is 2.22. The van der Waals surface area contributed by atoms with Crippen molar-refractivity contribution in [2.24, 2.45) is 0 Å². The van der Waals surface area contributed by atoms with Crippen molar-refractivity contribution in [1.29, 1.82) is 0 Å². The number of carbonyl (C=O) groups is 1. The fraction of sp³-hybridized carbons (Fsp3) is 0.611. The third-order valence-electron chi connectivity index (χ3n) is 3.55. The maximum atomic E-state index is 12.5. The molecule has 0 saturated carbocycles. The topological polar surface area (TPSA) is 93.7 Å². The Labute approximate surface area is 156 Å². The highest BCUT2D eigenvalue weighted by Gasteiger charge is 2.22. The minimum Gasteiger partial charge on any atom is -0.494 e. The molecule has 1 amide bonds. The summed E-state index contributed by atoms with van der Waals surface area (Å²) in [6.45, 7) is 10.5. The lowest BCUT2D eigenvalue weighted by atomic mass is 10.2. The zero-order valence-corrected chi connectivity index (χ0v) is 17.0. The number of aryl methyl sites for hydroxylation is 1. The number of hydrogen-bond donors (Lipinski definition) is 2. The SMILES string of the molecule is CCOc1ccc(S(=O)(=O)N[C@@H](C)C(=O)NCCCOC(C)C)cc1C. The summed E-state index contributed by atoms with van der Waals surface area (Å²) < 4.78 is 38.1. The van der Waals surface area contributed by atoms with Crippen LogP contribution in [-0.2, 0) is 19.6 Å². The first-order chi connectivity index (χ1) is 12.2. The number of benzene rings is 1. The Morgan fingerprint density at radius 3 is 2.50 bits per heavy atom. The Balaban J connectivity index is 2.59. The first-order valence-electron chi connectivity index (χ1n) is 8.82. The third-order valence-corrected chi connectivity index (χ3v) is 5.09. The van der Waals surface area contributed by atoms with Crippen molar-refractivity contribution in [1.82, 2.24) is 10.0 Å². The molecule has 0 heterocycles. The van der Waals surface area contributed by atoms with Crippen LogP contribution in [0.5, 0.6) is 5.75 Å². The molecule has 148 valence electrons. The summed E-state index contributed by atoms with van der Waals surface area (Å²) in [5.74, 6) is 0.265. The molecule has 26 heavy (non-hydrogen) atoms. The van der Waals surface area contributed by atoms with Crippen LogP contribution >= 0.6 is 0 Å². The van der Waals surface area contributed by atoms with Crippen molar-refractivity contribution in [2.75, 3.05) is 19.8 Å². The molecular formula is C18H30N2O5S. The summed E-state index contributed by atoms with van der Waals surface area (Å²) in [6, 6.07) is 3.74. The highest BCUT2D eigenvalue weighted by molar-refractivity contribution is 7.89. The van der Waals surface area contributed by atoms with Gasteiger partial charge >= 0.3 is 0 Å². The molecule has 2 N–H and O–H groups in total. The molecule has 1 atom stereocenters. The molecule has 0 aromatic heterocycles. The zero-order valence-electron chi connectivity index (χ0n) is 16.2. The summed E-state index contributed by atoms with van der Waals surface area (Å²) in [5, 5.41) is 2.70. The van der Waals surface area contributed by atoms with Gasteiger partial charge in [0.15, 0.2) is 0 Å². The lowest BCUT2D eigenvalue weighted by Gasteiger charge is -2.15. The van der Waals surface area contributed by atoms with E-state index in [1.807, 2.05) is 20.8 Å². The minimum atomic E-state index is -3.80. The lowest BCUT2D eigenvalue weighted by molar-refractivity contribution is -0.122. The Bertz CT molecular complexity index is 689. The highest BCUT2D eigenvalue weighted by atomic mass is 32.2. The van der Waals surface area contributed by atoms with Gasteiger partial charge in [0.1, 0.15) is 5.75 Å². The number of carbonyl (C=O) groups excluding carboxylic acids is 1. The van der Waals surface area contributed by atoms with Crippen molar-refractivity contribution in [3.63, 3.8) is 0 Å². The summed E-state index contributed by atoms with van der Waals surface area (Å²) >= 11 is 0. The maximum absolute atomic E-state index is 12.5. The largest absolute Gasteiger partial charge is 0.494 e. The minimum absolute atomic E-state index is 0.100. The Hall–Kier alpha value is -1.64. The number of sulfonamides is 1. The van der Waals surface area contributed by atoms with E-state index in [1.165, 1.54) is 19.1 Å². The van der Waals surface area contributed by atoms with E-state index in [1.54, 1.807) is 13.0 Å². The van der Waals surface area contributed by atoms with Crippen LogP contribution in [0, 0.1) is 6.92 Å². The van der Waals surface area contributed by atoms with E-state index in [0.717, 1.165) is 5.56 Å². The molecule has 1 aromatic carbocycles. The lowest BCUT2D eigenvalue weighted by Crippen LogP contribution is -2.45. The smallest absolute Gasteiger partial charge is 0.241 e. The predicted molar refractivity (Wildman–Crippen MR) is 101 cm³/mol. The van der Waals surface area contributed by atoms with Crippen molar-refractivity contribution in [3.05, 3.63) is 23.8 Å². The van der Waals surface area contributed by atoms with Crippen molar-refractivity contribution < 1.29 is 22.7 Å². The summed E-state index contributed by atoms with van der Waals surface area (Å²) in [6.07, 6.45) is 0.815. The number of ether oxygens (including phenoxy) is 2. The zero-order chi connectivity index (χ0) is 19.7. The average Bonchev–Trinajstić information content (AvgIpc) is 2.55. The molecular weight excluding hydrogens is 356 g/mol. The van der Waals surface area contributed by atoms with Crippen LogP contribution < -0.4 is 14.8 Å². The predicted octanol–water partition coefficient (Wildman–Crippen LogP) is 1.99. The number of amides is 1. The molecule has 0 aliphatic carbocycles. The summed E-state index contributed by atoms with van der Waals surface area (Å²) in [5.41, 5.74) is 0.719. The van der Waals surface area contributed by atoms with Gasteiger partial charge in [0.05, 0.1) is 23.6 Å². The second-order valence-corrected chi connectivity index (χ2v) is 7.98. The van der Waals surface area contributed by atoms with Crippen LogP contribution in [0.4, 0.5) is 0 Å². The van der Waals surface area contributed by atoms with E-state index in [0.29, 0.717) is 31.9 Å². The van der Waals surface area contributed by atoms with Gasteiger partial charge in [-0.15, -0.1) is 0 Å². The first kappa shape index (κ1) is 22.4. The van der Waals surface area contributed by atoms with Crippen LogP contribution in [0.1, 0.15) is 39.7 Å². The molecule has 8 heteroatoms. The first-order valence-corrected chi connectivity index (χ1v) is 10.3. The quantitative estimate of drug-likeness (QED) is 0.567. The summed E-state index contributed by atoms with van der Waals surface area (Å²) in [7, 11) is -3.80. The summed E-state index contributed by atoms with van der Waals surface area (Å²) in [4.78, 5) is 12.2. The normalized spacial score (nSPS) is 12.8. The van der Waals surface area contributed by atoms with Crippen LogP contribution in [-0.4, -0.2) is 46.2 Å². The van der Waals surface area contributed by atoms with Crippen molar-refractivity contribution in [3.8, 4) is 5.75 Å². The molecule has 0 saturated heterocycles. The van der Waals surface area contributed by atoms with Gasteiger partial charge in [0.2, 0.25) is 15.9 Å². The van der Waals surface area contributed by atoms with Crippen LogP contribution in [0.3, 0.4) is 0 Å². The van der Waals surface area contributed by atoms with Gasteiger partial charge in [0.25, 0.3) is 0 Å². The highest BCUT2D eigenvalue weighted by Crippen LogP contribution is 2.21. The third kappa shape index (κ3) is 7.31. The van der Waals surface area contributed by atoms with Crippen LogP contribution in [0.2, 0.25) is 0 Å². The number of rotatable bonds is 11. The van der Waals surface area contributed by atoms with Crippen LogP contribution in [0.25, 0.3) is 0 Å². The monoisotopic (exact) mass is 386 g/mol. The molecule has 0 radical (unpaired) electrons. The van der Waals surface area contributed by atoms with E-state index in [2.05, 4.69) is 10.0 Å². The van der Waals surface area contributed by atoms with Gasteiger partial charge in [0, 0.05) is 13.2 Å². The van der Waals surface area contributed by atoms with E-state index >= 15 is 0 Å². The van der Waals surface area contributed by atoms with Crippen LogP contribution in [0.15, 0.2) is 23.1 Å². The van der Waals surface area contributed by atoms with Gasteiger partial charge in [-0.3, -0.25) is 4.79 Å². The number of hydrogen-bond acceptors (Lipinski definition) is 5. The van der Waals surface area contributed by atoms with Gasteiger partial charge in [-0.1, -0.05) is 0 Å². The van der Waals surface area contributed by atoms with E-state index in [9.17, 15) is 13.2 Å². The van der Waals surface area contributed by atoms with Gasteiger partial charge < -0.3 is 14.8 Å². The Morgan fingerprint density at radius 2 is 1.92 bits per heavy atom. The fourth-order valence-corrected chi connectivity index (χ4v) is 3.50. The standard InChI is InChI=1S/C18H30N2O5S/c1-6-24-17-9-8-16(12-14(17)4)26(22,23)20-15(5)18(21)19-10-7-11-25-13(2)3/h8-9,12-13,15,20H,6-7,10-11H2,1-5H3,(H,19,21)/t15-/m0/s1. The van der Waals surface area contributed by atoms with Gasteiger partial charge in [-0.2, -0.15) is 4.72 Å². The molecule has 0 aliphatic rings. The molecule has 0 spiro atoms. The second kappa shape index (κ2) is 10.5. The second-order valence-electron chi connectivity index (χ2n) is 6.27. The van der Waals surface area contributed by atoms with E-state index < -0.39 is 16.1 Å². The Morgan fingerprint density at radius 1 is 1.23 bits per heavy atom. The molecule has 0 unspecified atom stereocenters. The number of nitrogens with one attached hydrogen (secondary N) is 2. The maximum Gasteiger partial charge on any atom is 0.241 e. The van der Waals surface area contributed by atoms with E-state index in [4.69, 9.17) is 9.47 Å². The molecule has 0 aliphatic heterocycles. The van der Waals surface area contributed by atoms with Crippen molar-refractivity contribution >= 4 is 15.9 Å². The molecule has 1 rings (SSSR count). The van der Waals surface area contributed by atoms with Gasteiger partial charge in [-0.25, -0.2) is 8.42 Å². The van der Waals surface area contributed by atoms with Gasteiger partial charge in [-0.05, 0) is 64.8 Å². The Kier molecular flexibility index (Phi) is 9.04.